The summed E-state index contributed by atoms with van der Waals surface area (Å²) < 4.78 is 30.2. The van der Waals surface area contributed by atoms with E-state index in [1.165, 1.54) is 4.68 Å². The zero-order chi connectivity index (χ0) is 22.4. The lowest BCUT2D eigenvalue weighted by Crippen LogP contribution is -2.15. The lowest BCUT2D eigenvalue weighted by Gasteiger charge is -2.10. The molecule has 0 saturated heterocycles. The van der Waals surface area contributed by atoms with Crippen LogP contribution in [0.4, 0.5) is 8.78 Å². The molecule has 0 saturated carbocycles. The highest BCUT2D eigenvalue weighted by Gasteiger charge is 2.36. The van der Waals surface area contributed by atoms with Crippen molar-refractivity contribution in [1.29, 1.82) is 0 Å². The maximum Gasteiger partial charge on any atom is 0.335 e. The van der Waals surface area contributed by atoms with Crippen LogP contribution in [-0.2, 0) is 18.9 Å². The highest BCUT2D eigenvalue weighted by Crippen LogP contribution is 2.31. The molecule has 0 bridgehead atoms. The molecular formula is C24H25F2N3O2. The molecule has 1 heterocycles. The van der Waals surface area contributed by atoms with Gasteiger partial charge in [0.1, 0.15) is 5.82 Å². The van der Waals surface area contributed by atoms with Gasteiger partial charge in [0, 0.05) is 12.8 Å². The lowest BCUT2D eigenvalue weighted by atomic mass is 10.0. The van der Waals surface area contributed by atoms with E-state index >= 15 is 0 Å². The second-order valence-electron chi connectivity index (χ2n) is 7.32. The Hall–Kier alpha value is -3.35. The molecule has 1 N–H and O–H groups in total. The molecule has 0 amide bonds. The van der Waals surface area contributed by atoms with Gasteiger partial charge in [-0.2, -0.15) is 8.78 Å². The molecule has 0 fully saturated rings. The second-order valence-corrected chi connectivity index (χ2v) is 7.32. The molecule has 0 spiro atoms. The first-order chi connectivity index (χ1) is 14.8. The minimum atomic E-state index is -3.05. The SMILES string of the molecule is C/C=C/Cc1nc(C(F)(F)CCC)nn1Cc1ccc(-c2cccc(C(=O)O)c2)cc1. The van der Waals surface area contributed by atoms with Gasteiger partial charge in [-0.25, -0.2) is 14.5 Å². The van der Waals surface area contributed by atoms with Crippen molar-refractivity contribution in [3.63, 3.8) is 0 Å². The summed E-state index contributed by atoms with van der Waals surface area (Å²) in [7, 11) is 0. The van der Waals surface area contributed by atoms with Crippen molar-refractivity contribution in [3.8, 4) is 11.1 Å². The molecule has 5 nitrogen and oxygen atoms in total. The van der Waals surface area contributed by atoms with Crippen LogP contribution in [-0.4, -0.2) is 25.8 Å². The van der Waals surface area contributed by atoms with Crippen molar-refractivity contribution >= 4 is 5.97 Å². The first-order valence-electron chi connectivity index (χ1n) is 10.2. The molecule has 0 radical (unpaired) electrons. The smallest absolute Gasteiger partial charge is 0.335 e. The molecule has 2 aromatic carbocycles. The third kappa shape index (κ3) is 5.42. The number of carbonyl (C=O) groups is 1. The van der Waals surface area contributed by atoms with Gasteiger partial charge in [0.05, 0.1) is 12.1 Å². The quantitative estimate of drug-likeness (QED) is 0.447. The lowest BCUT2D eigenvalue weighted by molar-refractivity contribution is -0.0232. The Balaban J connectivity index is 1.85. The number of aromatic carboxylic acids is 1. The number of halogens is 2. The molecule has 3 aromatic rings. The third-order valence-electron chi connectivity index (χ3n) is 4.90. The molecule has 31 heavy (non-hydrogen) atoms. The molecule has 0 unspecified atom stereocenters. The predicted molar refractivity (Wildman–Crippen MR) is 115 cm³/mol. The molecular weight excluding hydrogens is 400 g/mol. The molecule has 162 valence electrons. The normalized spacial score (nSPS) is 11.9. The van der Waals surface area contributed by atoms with E-state index in [0.29, 0.717) is 25.2 Å². The van der Waals surface area contributed by atoms with Crippen molar-refractivity contribution in [3.05, 3.63) is 83.5 Å². The van der Waals surface area contributed by atoms with Gasteiger partial charge in [-0.1, -0.05) is 55.5 Å². The monoisotopic (exact) mass is 425 g/mol. The Morgan fingerprint density at radius 1 is 1.16 bits per heavy atom. The van der Waals surface area contributed by atoms with E-state index in [4.69, 9.17) is 0 Å². The van der Waals surface area contributed by atoms with E-state index in [1.54, 1.807) is 25.1 Å². The standard InChI is InChI=1S/C24H25F2N3O2/c1-3-5-9-21-27-23(24(25,26)14-4-2)28-29(21)16-17-10-12-18(13-11-17)19-7-6-8-20(15-19)22(30)31/h3,5-8,10-13,15H,4,9,14,16H2,1-2H3,(H,30,31)/b5-3+. The van der Waals surface area contributed by atoms with Gasteiger partial charge in [0.15, 0.2) is 0 Å². The van der Waals surface area contributed by atoms with Crippen molar-refractivity contribution in [2.45, 2.75) is 45.6 Å². The summed E-state index contributed by atoms with van der Waals surface area (Å²) in [5.41, 5.74) is 2.77. The summed E-state index contributed by atoms with van der Waals surface area (Å²) in [5.74, 6) is -3.98. The molecule has 7 heteroatoms. The Morgan fingerprint density at radius 2 is 1.90 bits per heavy atom. The molecule has 0 atom stereocenters. The number of alkyl halides is 2. The number of aromatic nitrogens is 3. The Bertz CT molecular complexity index is 1070. The number of allylic oxidation sites excluding steroid dienone is 2. The number of carboxylic acid groups (broad SMARTS) is 1. The largest absolute Gasteiger partial charge is 0.478 e. The maximum atomic E-state index is 14.3. The Kier molecular flexibility index (Phi) is 6.95. The van der Waals surface area contributed by atoms with Crippen molar-refractivity contribution in [1.82, 2.24) is 14.8 Å². The van der Waals surface area contributed by atoms with Gasteiger partial charge in [-0.05, 0) is 42.2 Å². The van der Waals surface area contributed by atoms with Crippen LogP contribution in [0.5, 0.6) is 0 Å². The molecule has 3 rings (SSSR count). The van der Waals surface area contributed by atoms with Crippen molar-refractivity contribution < 1.29 is 18.7 Å². The maximum absolute atomic E-state index is 14.3. The minimum absolute atomic E-state index is 0.221. The van der Waals surface area contributed by atoms with E-state index in [0.717, 1.165) is 16.7 Å². The van der Waals surface area contributed by atoms with Gasteiger partial charge >= 0.3 is 11.9 Å². The van der Waals surface area contributed by atoms with Gasteiger partial charge < -0.3 is 5.11 Å². The third-order valence-corrected chi connectivity index (χ3v) is 4.90. The van der Waals surface area contributed by atoms with Crippen LogP contribution < -0.4 is 0 Å². The highest BCUT2D eigenvalue weighted by molar-refractivity contribution is 5.89. The zero-order valence-corrected chi connectivity index (χ0v) is 17.6. The number of benzene rings is 2. The van der Waals surface area contributed by atoms with Crippen LogP contribution in [0.3, 0.4) is 0 Å². The first-order valence-corrected chi connectivity index (χ1v) is 10.2. The second kappa shape index (κ2) is 9.64. The van der Waals surface area contributed by atoms with Crippen LogP contribution in [0.2, 0.25) is 0 Å². The van der Waals surface area contributed by atoms with Crippen molar-refractivity contribution in [2.75, 3.05) is 0 Å². The number of hydrogen-bond acceptors (Lipinski definition) is 3. The Morgan fingerprint density at radius 3 is 2.55 bits per heavy atom. The van der Waals surface area contributed by atoms with Crippen LogP contribution in [0.15, 0.2) is 60.7 Å². The fraction of sp³-hybridized carbons (Fsp3) is 0.292. The average molecular weight is 425 g/mol. The van der Waals surface area contributed by atoms with Gasteiger partial charge in [-0.3, -0.25) is 0 Å². The van der Waals surface area contributed by atoms with E-state index in [-0.39, 0.29) is 12.0 Å². The number of carboxylic acids is 1. The van der Waals surface area contributed by atoms with E-state index in [2.05, 4.69) is 10.1 Å². The predicted octanol–water partition coefficient (Wildman–Crippen LogP) is 5.70. The topological polar surface area (TPSA) is 68.0 Å². The zero-order valence-electron chi connectivity index (χ0n) is 17.6. The number of nitrogens with zero attached hydrogens (tertiary/aromatic N) is 3. The highest BCUT2D eigenvalue weighted by atomic mass is 19.3. The summed E-state index contributed by atoms with van der Waals surface area (Å²) in [6.07, 6.45) is 4.19. The van der Waals surface area contributed by atoms with Crippen LogP contribution in [0.25, 0.3) is 11.1 Å². The van der Waals surface area contributed by atoms with Crippen LogP contribution >= 0.6 is 0 Å². The number of hydrogen-bond donors (Lipinski definition) is 1. The van der Waals surface area contributed by atoms with Gasteiger partial charge in [0.2, 0.25) is 5.82 Å². The van der Waals surface area contributed by atoms with Gasteiger partial charge in [0.25, 0.3) is 0 Å². The summed E-state index contributed by atoms with van der Waals surface area (Å²) in [6.45, 7) is 3.89. The molecule has 0 aliphatic heterocycles. The van der Waals surface area contributed by atoms with Crippen LogP contribution in [0.1, 0.15) is 54.3 Å². The average Bonchev–Trinajstić information content (AvgIpc) is 3.16. The fourth-order valence-corrected chi connectivity index (χ4v) is 3.26. The molecule has 0 aliphatic rings. The summed E-state index contributed by atoms with van der Waals surface area (Å²) in [6, 6.07) is 14.2. The van der Waals surface area contributed by atoms with Crippen LogP contribution in [0, 0.1) is 0 Å². The van der Waals surface area contributed by atoms with E-state index in [9.17, 15) is 18.7 Å². The minimum Gasteiger partial charge on any atom is -0.478 e. The molecule has 0 aliphatic carbocycles. The van der Waals surface area contributed by atoms with E-state index < -0.39 is 17.7 Å². The first kappa shape index (κ1) is 22.3. The fourth-order valence-electron chi connectivity index (χ4n) is 3.26. The van der Waals surface area contributed by atoms with Crippen molar-refractivity contribution in [2.24, 2.45) is 0 Å². The Labute approximate surface area is 180 Å². The van der Waals surface area contributed by atoms with Gasteiger partial charge in [-0.15, -0.1) is 5.10 Å². The summed E-state index contributed by atoms with van der Waals surface area (Å²) in [5, 5.41) is 13.3. The summed E-state index contributed by atoms with van der Waals surface area (Å²) >= 11 is 0. The number of rotatable bonds is 9. The molecule has 1 aromatic heterocycles. The summed E-state index contributed by atoms with van der Waals surface area (Å²) in [4.78, 5) is 15.3. The van der Waals surface area contributed by atoms with E-state index in [1.807, 2.05) is 49.4 Å².